The Hall–Kier alpha value is -0.850. The van der Waals surface area contributed by atoms with E-state index in [0.29, 0.717) is 0 Å². The van der Waals surface area contributed by atoms with Crippen LogP contribution in [0.2, 0.25) is 0 Å². The Morgan fingerprint density at radius 3 is 2.03 bits per heavy atom. The fourth-order valence-electron chi connectivity index (χ4n) is 5.25. The fourth-order valence-corrected chi connectivity index (χ4v) is 5.25. The Morgan fingerprint density at radius 2 is 1.41 bits per heavy atom. The molecule has 1 atom stereocenters. The molecule has 0 aromatic rings. The summed E-state index contributed by atoms with van der Waals surface area (Å²) in [5.74, 6) is 0. The van der Waals surface area contributed by atoms with Crippen molar-refractivity contribution in [3.63, 3.8) is 0 Å². The number of hydrogen-bond acceptors (Lipinski definition) is 0. The zero-order valence-corrected chi connectivity index (χ0v) is 23.2. The summed E-state index contributed by atoms with van der Waals surface area (Å²) in [6, 6.07) is 0. The fraction of sp³-hybridized carbons (Fsp3) is 0.839. The van der Waals surface area contributed by atoms with Gasteiger partial charge in [0, 0.05) is 18.3 Å². The Labute approximate surface area is 202 Å². The molecule has 0 amide bonds. The van der Waals surface area contributed by atoms with Crippen LogP contribution in [0.5, 0.6) is 0 Å². The minimum Gasteiger partial charge on any atom is -0.239 e. The number of rotatable bonds is 15. The highest BCUT2D eigenvalue weighted by atomic mass is 15.0. The van der Waals surface area contributed by atoms with Crippen LogP contribution in [-0.2, 0) is 0 Å². The summed E-state index contributed by atoms with van der Waals surface area (Å²) >= 11 is 0. The summed E-state index contributed by atoms with van der Waals surface area (Å²) in [6.45, 7) is 15.5. The predicted molar refractivity (Wildman–Crippen MR) is 146 cm³/mol. The molecular weight excluding hydrogens is 386 g/mol. The lowest BCUT2D eigenvalue weighted by molar-refractivity contribution is -0.503. The van der Waals surface area contributed by atoms with Crippen LogP contribution in [0.15, 0.2) is 23.8 Å². The lowest BCUT2D eigenvalue weighted by Crippen LogP contribution is -2.32. The van der Waals surface area contributed by atoms with Crippen LogP contribution >= 0.6 is 0 Å². The third-order valence-corrected chi connectivity index (χ3v) is 7.75. The summed E-state index contributed by atoms with van der Waals surface area (Å²) in [5, 5.41) is 0. The van der Waals surface area contributed by atoms with Crippen LogP contribution in [0.25, 0.3) is 0 Å². The molecular formula is C31H58N+. The van der Waals surface area contributed by atoms with Crippen molar-refractivity contribution in [1.82, 2.24) is 0 Å². The first-order chi connectivity index (χ1) is 15.2. The quantitative estimate of drug-likeness (QED) is 0.134. The molecule has 0 saturated heterocycles. The van der Waals surface area contributed by atoms with Crippen molar-refractivity contribution >= 4 is 5.71 Å². The second-order valence-corrected chi connectivity index (χ2v) is 11.5. The van der Waals surface area contributed by atoms with Crippen molar-refractivity contribution in [3.05, 3.63) is 23.8 Å². The van der Waals surface area contributed by atoms with Crippen molar-refractivity contribution in [3.8, 4) is 0 Å². The average Bonchev–Trinajstić information content (AvgIpc) is 2.74. The van der Waals surface area contributed by atoms with Gasteiger partial charge >= 0.3 is 0 Å². The molecule has 1 unspecified atom stereocenters. The van der Waals surface area contributed by atoms with E-state index in [4.69, 9.17) is 0 Å². The van der Waals surface area contributed by atoms with E-state index in [1.165, 1.54) is 109 Å². The maximum Gasteiger partial charge on any atom is 0.161 e. The molecule has 0 fully saturated rings. The van der Waals surface area contributed by atoms with Crippen LogP contribution in [-0.4, -0.2) is 23.9 Å². The van der Waals surface area contributed by atoms with E-state index in [0.717, 1.165) is 0 Å². The van der Waals surface area contributed by atoms with Crippen molar-refractivity contribution < 1.29 is 4.58 Å². The molecule has 0 aromatic heterocycles. The minimum absolute atomic E-state index is 0.140. The Bertz CT molecular complexity index is 592. The maximum absolute atomic E-state index is 2.57. The molecule has 0 bridgehead atoms. The highest BCUT2D eigenvalue weighted by molar-refractivity contribution is 5.87. The number of nitrogens with zero attached hydrogens (tertiary/aromatic N) is 1. The molecule has 32 heavy (non-hydrogen) atoms. The van der Waals surface area contributed by atoms with E-state index in [1.54, 1.807) is 11.3 Å². The summed E-state index contributed by atoms with van der Waals surface area (Å²) in [4.78, 5) is 0. The van der Waals surface area contributed by atoms with Gasteiger partial charge in [0.05, 0.1) is 5.41 Å². The van der Waals surface area contributed by atoms with Gasteiger partial charge < -0.3 is 0 Å². The van der Waals surface area contributed by atoms with Crippen molar-refractivity contribution in [2.75, 3.05) is 13.6 Å². The Balaban J connectivity index is 2.58. The second-order valence-electron chi connectivity index (χ2n) is 11.5. The van der Waals surface area contributed by atoms with Crippen LogP contribution in [0.1, 0.15) is 144 Å². The first-order valence-corrected chi connectivity index (χ1v) is 14.2. The molecule has 0 aliphatic carbocycles. The van der Waals surface area contributed by atoms with Gasteiger partial charge in [-0.2, -0.15) is 0 Å². The lowest BCUT2D eigenvalue weighted by atomic mass is 9.78. The van der Waals surface area contributed by atoms with Gasteiger partial charge in [-0.25, -0.2) is 4.58 Å². The third-order valence-electron chi connectivity index (χ3n) is 7.75. The smallest absolute Gasteiger partial charge is 0.161 e. The van der Waals surface area contributed by atoms with E-state index in [1.807, 2.05) is 0 Å². The predicted octanol–water partition coefficient (Wildman–Crippen LogP) is 9.90. The van der Waals surface area contributed by atoms with Crippen molar-refractivity contribution in [2.45, 2.75) is 144 Å². The third kappa shape index (κ3) is 11.9. The zero-order valence-electron chi connectivity index (χ0n) is 23.2. The highest BCUT2D eigenvalue weighted by Gasteiger charge is 2.30. The van der Waals surface area contributed by atoms with Crippen LogP contribution < -0.4 is 0 Å². The summed E-state index contributed by atoms with van der Waals surface area (Å²) < 4.78 is 2.55. The molecule has 0 spiro atoms. The lowest BCUT2D eigenvalue weighted by Gasteiger charge is -2.27. The van der Waals surface area contributed by atoms with Gasteiger partial charge in [-0.15, -0.1) is 0 Å². The molecule has 1 heterocycles. The standard InChI is InChI=1S/C31H58N/c1-8-10-11-12-13-14-15-16-19-22-28(3)27-31(6,9-2)25-24-30(4,5)29-23-20-17-18-21-26-32(29)7/h24-25,27H,8-23,26H2,1-7H3/q+1/b25-24+,28-27-,32-29+. The second kappa shape index (κ2) is 15.9. The molecule has 1 aliphatic heterocycles. The van der Waals surface area contributed by atoms with Crippen molar-refractivity contribution in [2.24, 2.45) is 10.8 Å². The zero-order chi connectivity index (χ0) is 23.9. The maximum atomic E-state index is 2.57. The largest absolute Gasteiger partial charge is 0.239 e. The number of hydrogen-bond donors (Lipinski definition) is 0. The summed E-state index contributed by atoms with van der Waals surface area (Å²) in [7, 11) is 2.31. The van der Waals surface area contributed by atoms with E-state index < -0.39 is 0 Å². The topological polar surface area (TPSA) is 3.01 Å². The van der Waals surface area contributed by atoms with Crippen LogP contribution in [0, 0.1) is 10.8 Å². The highest BCUT2D eigenvalue weighted by Crippen LogP contribution is 2.32. The first-order valence-electron chi connectivity index (χ1n) is 14.2. The Kier molecular flexibility index (Phi) is 14.5. The van der Waals surface area contributed by atoms with Gasteiger partial charge in [-0.05, 0) is 52.9 Å². The molecule has 1 nitrogen and oxygen atoms in total. The molecule has 1 heteroatoms. The SMILES string of the molecule is CCCCCCCCCCC/C(C)=C\C(C)(/C=C/C(C)(C)/C1=[N+](\C)CCCCCC1)CC. The van der Waals surface area contributed by atoms with Gasteiger partial charge in [0.1, 0.15) is 13.6 Å². The first kappa shape index (κ1) is 29.2. The molecule has 0 saturated carbocycles. The Morgan fingerprint density at radius 1 is 0.812 bits per heavy atom. The van der Waals surface area contributed by atoms with Gasteiger partial charge in [-0.1, -0.05) is 102 Å². The molecule has 1 rings (SSSR count). The monoisotopic (exact) mass is 444 g/mol. The molecule has 0 aromatic carbocycles. The van der Waals surface area contributed by atoms with Crippen LogP contribution in [0.4, 0.5) is 0 Å². The van der Waals surface area contributed by atoms with E-state index >= 15 is 0 Å². The average molecular weight is 445 g/mol. The minimum atomic E-state index is 0.140. The molecule has 1 aliphatic rings. The number of unbranched alkanes of at least 4 members (excludes halogenated alkanes) is 8. The summed E-state index contributed by atoms with van der Waals surface area (Å²) in [5.41, 5.74) is 3.51. The van der Waals surface area contributed by atoms with Gasteiger partial charge in [0.2, 0.25) is 0 Å². The van der Waals surface area contributed by atoms with Gasteiger partial charge in [0.25, 0.3) is 0 Å². The van der Waals surface area contributed by atoms with Crippen LogP contribution in [0.3, 0.4) is 0 Å². The molecule has 0 radical (unpaired) electrons. The van der Waals surface area contributed by atoms with Gasteiger partial charge in [0.15, 0.2) is 5.71 Å². The van der Waals surface area contributed by atoms with E-state index in [9.17, 15) is 0 Å². The molecule has 186 valence electrons. The van der Waals surface area contributed by atoms with E-state index in [2.05, 4.69) is 71.4 Å². The normalized spacial score (nSPS) is 20.9. The van der Waals surface area contributed by atoms with E-state index in [-0.39, 0.29) is 10.8 Å². The number of allylic oxidation sites excluding steroid dienone is 4. The van der Waals surface area contributed by atoms with Gasteiger partial charge in [-0.3, -0.25) is 0 Å². The van der Waals surface area contributed by atoms with Crippen molar-refractivity contribution in [1.29, 1.82) is 0 Å². The molecule has 0 N–H and O–H groups in total. The summed E-state index contributed by atoms with van der Waals surface area (Å²) in [6.07, 6.45) is 29.5.